The Balaban J connectivity index is 1.96. The summed E-state index contributed by atoms with van der Waals surface area (Å²) in [6.45, 7) is 8.10. The first-order valence-corrected chi connectivity index (χ1v) is 11.4. The molecule has 0 fully saturated rings. The van der Waals surface area contributed by atoms with Crippen LogP contribution >= 0.6 is 0 Å². The van der Waals surface area contributed by atoms with Crippen molar-refractivity contribution in [1.29, 1.82) is 0 Å². The van der Waals surface area contributed by atoms with Crippen LogP contribution in [0.5, 0.6) is 5.75 Å². The molecular formula is C23H27N3O4S. The topological polar surface area (TPSA) is 103 Å². The summed E-state index contributed by atoms with van der Waals surface area (Å²) < 4.78 is 30.8. The van der Waals surface area contributed by atoms with E-state index in [4.69, 9.17) is 9.88 Å². The second-order valence-electron chi connectivity index (χ2n) is 7.73. The number of amides is 1. The molecule has 3 rings (SSSR count). The average molecular weight is 442 g/mol. The van der Waals surface area contributed by atoms with Crippen LogP contribution in [0.3, 0.4) is 0 Å². The smallest absolute Gasteiger partial charge is 0.257 e. The van der Waals surface area contributed by atoms with Crippen molar-refractivity contribution < 1.29 is 17.9 Å². The second-order valence-corrected chi connectivity index (χ2v) is 9.26. The number of hydrogen-bond acceptors (Lipinski definition) is 4. The quantitative estimate of drug-likeness (QED) is 0.600. The highest BCUT2D eigenvalue weighted by molar-refractivity contribution is 7.89. The first-order valence-electron chi connectivity index (χ1n) is 9.84. The lowest BCUT2D eigenvalue weighted by Gasteiger charge is -2.13. The van der Waals surface area contributed by atoms with E-state index in [1.807, 2.05) is 36.6 Å². The van der Waals surface area contributed by atoms with Gasteiger partial charge in [0.05, 0.1) is 12.7 Å². The molecule has 0 unspecified atom stereocenters. The number of benzene rings is 2. The van der Waals surface area contributed by atoms with E-state index < -0.39 is 10.0 Å². The maximum atomic E-state index is 13.0. The van der Waals surface area contributed by atoms with E-state index in [9.17, 15) is 13.2 Å². The zero-order valence-corrected chi connectivity index (χ0v) is 19.1. The highest BCUT2D eigenvalue weighted by Crippen LogP contribution is 2.28. The fourth-order valence-corrected chi connectivity index (χ4v) is 4.31. The molecule has 0 aliphatic heterocycles. The molecule has 1 heterocycles. The van der Waals surface area contributed by atoms with Gasteiger partial charge in [-0.05, 0) is 61.7 Å². The van der Waals surface area contributed by atoms with Gasteiger partial charge in [0.1, 0.15) is 10.6 Å². The molecular weight excluding hydrogens is 414 g/mol. The number of carbonyl (C=O) groups excluding carboxylic acids is 1. The Labute approximate surface area is 182 Å². The van der Waals surface area contributed by atoms with Crippen LogP contribution in [0.4, 0.5) is 5.69 Å². The van der Waals surface area contributed by atoms with Gasteiger partial charge in [0.15, 0.2) is 0 Å². The maximum Gasteiger partial charge on any atom is 0.257 e. The third kappa shape index (κ3) is 4.65. The number of sulfonamides is 1. The van der Waals surface area contributed by atoms with Crippen molar-refractivity contribution in [3.05, 3.63) is 71.0 Å². The monoisotopic (exact) mass is 441 g/mol. The van der Waals surface area contributed by atoms with Crippen molar-refractivity contribution in [3.8, 4) is 11.4 Å². The van der Waals surface area contributed by atoms with Crippen LogP contribution in [0.1, 0.15) is 47.1 Å². The molecule has 164 valence electrons. The molecule has 1 amide bonds. The van der Waals surface area contributed by atoms with E-state index in [1.165, 1.54) is 24.8 Å². The zero-order valence-electron chi connectivity index (χ0n) is 18.3. The first-order chi connectivity index (χ1) is 14.5. The maximum absolute atomic E-state index is 13.0. The summed E-state index contributed by atoms with van der Waals surface area (Å²) in [5.74, 6) is 0.163. The van der Waals surface area contributed by atoms with E-state index in [1.54, 1.807) is 6.07 Å². The number of nitrogens with zero attached hydrogens (tertiary/aromatic N) is 1. The van der Waals surface area contributed by atoms with Crippen molar-refractivity contribution in [2.75, 3.05) is 12.4 Å². The molecule has 31 heavy (non-hydrogen) atoms. The molecule has 0 aliphatic rings. The van der Waals surface area contributed by atoms with Crippen molar-refractivity contribution in [3.63, 3.8) is 0 Å². The number of aryl methyl sites for hydroxylation is 1. The summed E-state index contributed by atoms with van der Waals surface area (Å²) in [4.78, 5) is 12.8. The molecule has 0 saturated carbocycles. The molecule has 0 atom stereocenters. The molecule has 0 spiro atoms. The Kier molecular flexibility index (Phi) is 6.24. The number of nitrogens with two attached hydrogens (primary N) is 1. The van der Waals surface area contributed by atoms with E-state index >= 15 is 0 Å². The Hall–Kier alpha value is -3.10. The van der Waals surface area contributed by atoms with Gasteiger partial charge in [-0.15, -0.1) is 0 Å². The number of aromatic nitrogens is 1. The minimum atomic E-state index is -4.01. The van der Waals surface area contributed by atoms with Crippen LogP contribution in [0, 0.1) is 13.8 Å². The van der Waals surface area contributed by atoms with Crippen LogP contribution in [0.2, 0.25) is 0 Å². The summed E-state index contributed by atoms with van der Waals surface area (Å²) in [6.07, 6.45) is 0. The third-order valence-corrected chi connectivity index (χ3v) is 6.13. The fraction of sp³-hybridized carbons (Fsp3) is 0.261. The largest absolute Gasteiger partial charge is 0.495 e. The molecule has 0 bridgehead atoms. The van der Waals surface area contributed by atoms with Crippen LogP contribution in [-0.4, -0.2) is 26.0 Å². The van der Waals surface area contributed by atoms with E-state index in [-0.39, 0.29) is 16.6 Å². The van der Waals surface area contributed by atoms with Gasteiger partial charge in [-0.1, -0.05) is 26.0 Å². The van der Waals surface area contributed by atoms with E-state index in [0.29, 0.717) is 17.2 Å². The van der Waals surface area contributed by atoms with E-state index in [2.05, 4.69) is 31.3 Å². The van der Waals surface area contributed by atoms with Crippen LogP contribution < -0.4 is 15.2 Å². The van der Waals surface area contributed by atoms with Gasteiger partial charge < -0.3 is 14.6 Å². The predicted molar refractivity (Wildman–Crippen MR) is 122 cm³/mol. The van der Waals surface area contributed by atoms with Gasteiger partial charge >= 0.3 is 0 Å². The lowest BCUT2D eigenvalue weighted by molar-refractivity contribution is 0.102. The first kappa shape index (κ1) is 22.6. The Morgan fingerprint density at radius 2 is 1.81 bits per heavy atom. The molecule has 0 saturated heterocycles. The Bertz CT molecular complexity index is 1240. The average Bonchev–Trinajstić information content (AvgIpc) is 3.01. The Morgan fingerprint density at radius 3 is 2.42 bits per heavy atom. The molecule has 0 aliphatic carbocycles. The molecule has 0 radical (unpaired) electrons. The fourth-order valence-electron chi connectivity index (χ4n) is 3.59. The van der Waals surface area contributed by atoms with Gasteiger partial charge in [-0.2, -0.15) is 0 Å². The molecule has 8 heteroatoms. The standard InChI is InChI=1S/C23H27N3O4S/c1-14(2)17-7-6-8-19(12-17)26-15(3)11-20(16(26)4)23(27)25-18-9-10-21(30-5)22(13-18)31(24,28)29/h6-14H,1-5H3,(H,25,27)(H2,24,28,29). The van der Waals surface area contributed by atoms with Crippen LogP contribution in [0.15, 0.2) is 53.4 Å². The summed E-state index contributed by atoms with van der Waals surface area (Å²) in [5.41, 5.74) is 4.72. The summed E-state index contributed by atoms with van der Waals surface area (Å²) in [6, 6.07) is 14.3. The highest BCUT2D eigenvalue weighted by atomic mass is 32.2. The van der Waals surface area contributed by atoms with Gasteiger partial charge in [-0.25, -0.2) is 13.6 Å². The number of anilines is 1. The molecule has 7 nitrogen and oxygen atoms in total. The predicted octanol–water partition coefficient (Wildman–Crippen LogP) is 4.13. The van der Waals surface area contributed by atoms with Crippen molar-refractivity contribution in [2.24, 2.45) is 5.14 Å². The molecule has 1 aromatic heterocycles. The number of rotatable bonds is 6. The molecule has 3 N–H and O–H groups in total. The normalized spacial score (nSPS) is 11.6. The van der Waals surface area contributed by atoms with Gasteiger partial charge in [0, 0.05) is 22.8 Å². The van der Waals surface area contributed by atoms with Crippen molar-refractivity contribution in [1.82, 2.24) is 4.57 Å². The van der Waals surface area contributed by atoms with Gasteiger partial charge in [0.25, 0.3) is 5.91 Å². The lowest BCUT2D eigenvalue weighted by atomic mass is 10.0. The van der Waals surface area contributed by atoms with Crippen LogP contribution in [-0.2, 0) is 10.0 Å². The summed E-state index contributed by atoms with van der Waals surface area (Å²) >= 11 is 0. The SMILES string of the molecule is COc1ccc(NC(=O)c2cc(C)n(-c3cccc(C(C)C)c3)c2C)cc1S(N)(=O)=O. The molecule has 2 aromatic carbocycles. The number of carbonyl (C=O) groups is 1. The van der Waals surface area contributed by atoms with Crippen molar-refractivity contribution >= 4 is 21.6 Å². The van der Waals surface area contributed by atoms with Gasteiger partial charge in [-0.3, -0.25) is 4.79 Å². The van der Waals surface area contributed by atoms with Gasteiger partial charge in [0.2, 0.25) is 10.0 Å². The Morgan fingerprint density at radius 1 is 1.10 bits per heavy atom. The minimum absolute atomic E-state index is 0.115. The summed E-state index contributed by atoms with van der Waals surface area (Å²) in [7, 11) is -2.65. The van der Waals surface area contributed by atoms with E-state index in [0.717, 1.165) is 17.1 Å². The zero-order chi connectivity index (χ0) is 22.9. The molecule has 3 aromatic rings. The number of methoxy groups -OCH3 is 1. The summed E-state index contributed by atoms with van der Waals surface area (Å²) in [5, 5.41) is 8.02. The second kappa shape index (κ2) is 8.56. The number of ether oxygens (including phenoxy) is 1. The van der Waals surface area contributed by atoms with Crippen LogP contribution in [0.25, 0.3) is 5.69 Å². The third-order valence-electron chi connectivity index (χ3n) is 5.20. The minimum Gasteiger partial charge on any atom is -0.495 e. The number of nitrogens with one attached hydrogen (secondary N) is 1. The van der Waals surface area contributed by atoms with Crippen molar-refractivity contribution in [2.45, 2.75) is 38.5 Å². The number of hydrogen-bond donors (Lipinski definition) is 2. The highest BCUT2D eigenvalue weighted by Gasteiger charge is 2.20. The lowest BCUT2D eigenvalue weighted by Crippen LogP contribution is -2.16. The number of primary sulfonamides is 1.